The summed E-state index contributed by atoms with van der Waals surface area (Å²) in [5.74, 6) is -1.55. The van der Waals surface area contributed by atoms with E-state index < -0.39 is 35.4 Å². The van der Waals surface area contributed by atoms with Crippen molar-refractivity contribution in [1.29, 1.82) is 0 Å². The molecule has 1 heterocycles. The summed E-state index contributed by atoms with van der Waals surface area (Å²) in [4.78, 5) is 29.3. The van der Waals surface area contributed by atoms with Crippen LogP contribution in [0.5, 0.6) is 0 Å². The highest BCUT2D eigenvalue weighted by Crippen LogP contribution is 2.38. The number of benzene rings is 3. The third-order valence-electron chi connectivity index (χ3n) is 6.66. The van der Waals surface area contributed by atoms with E-state index in [9.17, 15) is 35.9 Å². The smallest absolute Gasteiger partial charge is 0.416 e. The van der Waals surface area contributed by atoms with E-state index in [1.165, 1.54) is 23.5 Å². The zero-order valence-electron chi connectivity index (χ0n) is 23.5. The van der Waals surface area contributed by atoms with Crippen molar-refractivity contribution in [3.63, 3.8) is 0 Å². The Bertz CT molecular complexity index is 1620. The molecule has 0 fully saturated rings. The van der Waals surface area contributed by atoms with Crippen LogP contribution in [0.15, 0.2) is 66.0 Å². The molecule has 1 amide bonds. The number of aromatic nitrogens is 1. The summed E-state index contributed by atoms with van der Waals surface area (Å²) >= 11 is 1.20. The van der Waals surface area contributed by atoms with Crippen molar-refractivity contribution >= 4 is 28.3 Å². The Morgan fingerprint density at radius 2 is 1.48 bits per heavy atom. The predicted molar refractivity (Wildman–Crippen MR) is 154 cm³/mol. The molecule has 0 saturated carbocycles. The number of carboxylic acids is 1. The molecule has 0 bridgehead atoms. The highest BCUT2D eigenvalue weighted by Gasteiger charge is 2.37. The molecule has 232 valence electrons. The molecule has 6 nitrogen and oxygen atoms in total. The van der Waals surface area contributed by atoms with Crippen LogP contribution in [0.2, 0.25) is 0 Å². The molecule has 2 N–H and O–H groups in total. The molecular formula is C31H27F6N3O3S. The zero-order valence-corrected chi connectivity index (χ0v) is 24.3. The average Bonchev–Trinajstić information content (AvgIpc) is 3.42. The number of carbonyl (C=O) groups excluding carboxylic acids is 1. The molecule has 0 saturated heterocycles. The second-order valence-corrected chi connectivity index (χ2v) is 11.0. The minimum Gasteiger partial charge on any atom is -0.481 e. The molecule has 3 aromatic carbocycles. The van der Waals surface area contributed by atoms with Gasteiger partial charge in [0.05, 0.1) is 23.2 Å². The van der Waals surface area contributed by atoms with Gasteiger partial charge in [-0.1, -0.05) is 35.9 Å². The molecular weight excluding hydrogens is 608 g/mol. The molecule has 13 heteroatoms. The largest absolute Gasteiger partial charge is 0.481 e. The normalized spacial score (nSPS) is 11.8. The van der Waals surface area contributed by atoms with E-state index in [1.54, 1.807) is 22.4 Å². The van der Waals surface area contributed by atoms with Crippen LogP contribution in [0.4, 0.5) is 31.5 Å². The van der Waals surface area contributed by atoms with Crippen LogP contribution in [0.3, 0.4) is 0 Å². The van der Waals surface area contributed by atoms with Gasteiger partial charge in [-0.15, -0.1) is 11.3 Å². The monoisotopic (exact) mass is 635 g/mol. The quantitative estimate of drug-likeness (QED) is 0.173. The second-order valence-electron chi connectivity index (χ2n) is 10.2. The number of halogens is 6. The topological polar surface area (TPSA) is 82.5 Å². The highest BCUT2D eigenvalue weighted by molar-refractivity contribution is 7.14. The van der Waals surface area contributed by atoms with E-state index >= 15 is 0 Å². The molecule has 1 aromatic heterocycles. The second kappa shape index (κ2) is 13.1. The minimum absolute atomic E-state index is 0.0539. The summed E-state index contributed by atoms with van der Waals surface area (Å²) in [7, 11) is 0. The third kappa shape index (κ3) is 8.37. The number of amides is 1. The molecule has 0 radical (unpaired) electrons. The molecule has 44 heavy (non-hydrogen) atoms. The lowest BCUT2D eigenvalue weighted by atomic mass is 10.0. The van der Waals surface area contributed by atoms with Gasteiger partial charge in [-0.2, -0.15) is 26.3 Å². The predicted octanol–water partition coefficient (Wildman–Crippen LogP) is 7.88. The number of carbonyl (C=O) groups is 2. The minimum atomic E-state index is -4.99. The van der Waals surface area contributed by atoms with Gasteiger partial charge in [0.1, 0.15) is 0 Å². The van der Waals surface area contributed by atoms with Crippen LogP contribution in [-0.4, -0.2) is 28.5 Å². The molecule has 0 aliphatic heterocycles. The van der Waals surface area contributed by atoms with Gasteiger partial charge in [0, 0.05) is 36.1 Å². The fourth-order valence-electron chi connectivity index (χ4n) is 4.52. The van der Waals surface area contributed by atoms with Crippen molar-refractivity contribution in [2.45, 2.75) is 45.7 Å². The lowest BCUT2D eigenvalue weighted by Crippen LogP contribution is -2.26. The van der Waals surface area contributed by atoms with Crippen LogP contribution >= 0.6 is 11.3 Å². The third-order valence-corrected chi connectivity index (χ3v) is 7.56. The van der Waals surface area contributed by atoms with E-state index in [4.69, 9.17) is 5.11 Å². The average molecular weight is 636 g/mol. The van der Waals surface area contributed by atoms with Gasteiger partial charge in [0.15, 0.2) is 5.13 Å². The van der Waals surface area contributed by atoms with E-state index in [-0.39, 0.29) is 43.2 Å². The number of alkyl halides is 6. The lowest BCUT2D eigenvalue weighted by molar-refractivity contribution is -0.143. The number of thiazole rings is 1. The van der Waals surface area contributed by atoms with Crippen molar-refractivity contribution in [2.75, 3.05) is 11.4 Å². The van der Waals surface area contributed by atoms with Gasteiger partial charge in [-0.05, 0) is 60.9 Å². The van der Waals surface area contributed by atoms with E-state index in [0.717, 1.165) is 16.7 Å². The first kappa shape index (κ1) is 32.5. The first-order chi connectivity index (χ1) is 20.6. The van der Waals surface area contributed by atoms with Crippen LogP contribution in [-0.2, 0) is 30.2 Å². The van der Waals surface area contributed by atoms with Crippen molar-refractivity contribution in [1.82, 2.24) is 10.3 Å². The Labute approximate surface area is 253 Å². The number of aliphatic carboxylic acids is 1. The molecule has 0 aliphatic carbocycles. The number of nitrogens with one attached hydrogen (secondary N) is 1. The Kier molecular flexibility index (Phi) is 9.67. The lowest BCUT2D eigenvalue weighted by Gasteiger charge is -2.24. The van der Waals surface area contributed by atoms with E-state index in [0.29, 0.717) is 28.5 Å². The number of hydrogen-bond acceptors (Lipinski definition) is 5. The number of carboxylic acid groups (broad SMARTS) is 1. The maximum absolute atomic E-state index is 13.6. The van der Waals surface area contributed by atoms with Crippen LogP contribution < -0.4 is 10.2 Å². The first-order valence-electron chi connectivity index (χ1n) is 13.3. The van der Waals surface area contributed by atoms with Crippen LogP contribution in [0.1, 0.15) is 50.2 Å². The molecule has 0 atom stereocenters. The van der Waals surface area contributed by atoms with E-state index in [1.807, 2.05) is 32.0 Å². The Balaban J connectivity index is 1.68. The van der Waals surface area contributed by atoms with Crippen molar-refractivity contribution in [2.24, 2.45) is 0 Å². The standard InChI is InChI=1S/C31H27F6N3O3S/c1-18-3-8-25(19(2)11-18)26-17-44-29(39-26)40(15-20-4-6-22(7-5-20)28(43)38-10-9-27(41)42)16-21-12-23(30(32,33)34)14-24(13-21)31(35,36)37/h3-8,11-14,17H,9-10,15-16H2,1-2H3,(H,38,43)(H,41,42). The maximum Gasteiger partial charge on any atom is 0.416 e. The maximum atomic E-state index is 13.6. The number of nitrogens with zero attached hydrogens (tertiary/aromatic N) is 2. The zero-order chi connectivity index (χ0) is 32.2. The summed E-state index contributed by atoms with van der Waals surface area (Å²) in [6.07, 6.45) is -10.2. The van der Waals surface area contributed by atoms with Gasteiger partial charge in [0.2, 0.25) is 0 Å². The van der Waals surface area contributed by atoms with Crippen molar-refractivity contribution < 1.29 is 41.0 Å². The van der Waals surface area contributed by atoms with Crippen LogP contribution in [0.25, 0.3) is 11.3 Å². The molecule has 0 aliphatic rings. The molecule has 0 unspecified atom stereocenters. The van der Waals surface area contributed by atoms with Gasteiger partial charge in [-0.3, -0.25) is 9.59 Å². The number of rotatable bonds is 10. The number of anilines is 1. The Morgan fingerprint density at radius 3 is 2.05 bits per heavy atom. The number of aryl methyl sites for hydroxylation is 2. The molecule has 4 rings (SSSR count). The fraction of sp³-hybridized carbons (Fsp3) is 0.258. The van der Waals surface area contributed by atoms with E-state index in [2.05, 4.69) is 10.3 Å². The highest BCUT2D eigenvalue weighted by atomic mass is 32.1. The van der Waals surface area contributed by atoms with Gasteiger partial charge in [0.25, 0.3) is 5.91 Å². The van der Waals surface area contributed by atoms with Crippen molar-refractivity contribution in [3.05, 3.63) is 105 Å². The summed E-state index contributed by atoms with van der Waals surface area (Å²) in [5, 5.41) is 13.4. The first-order valence-corrected chi connectivity index (χ1v) is 14.1. The summed E-state index contributed by atoms with van der Waals surface area (Å²) < 4.78 is 81.4. The van der Waals surface area contributed by atoms with Gasteiger partial charge in [-0.25, -0.2) is 4.98 Å². The number of hydrogen-bond donors (Lipinski definition) is 2. The summed E-state index contributed by atoms with van der Waals surface area (Å²) in [5.41, 5.74) is 1.31. The molecule has 4 aromatic rings. The Morgan fingerprint density at radius 1 is 0.864 bits per heavy atom. The SMILES string of the molecule is Cc1ccc(-c2csc(N(Cc3ccc(C(=O)NCCC(=O)O)cc3)Cc3cc(C(F)(F)F)cc(C(F)(F)F)c3)n2)c(C)c1. The molecule has 0 spiro atoms. The fourth-order valence-corrected chi connectivity index (χ4v) is 5.35. The van der Waals surface area contributed by atoms with Gasteiger partial charge < -0.3 is 15.3 Å². The van der Waals surface area contributed by atoms with Crippen molar-refractivity contribution in [3.8, 4) is 11.3 Å². The summed E-state index contributed by atoms with van der Waals surface area (Å²) in [6.45, 7) is 3.54. The van der Waals surface area contributed by atoms with Gasteiger partial charge >= 0.3 is 18.3 Å². The summed E-state index contributed by atoms with van der Waals surface area (Å²) in [6, 6.07) is 13.5. The Hall–Kier alpha value is -4.39. The van der Waals surface area contributed by atoms with Crippen LogP contribution in [0, 0.1) is 13.8 Å².